The Morgan fingerprint density at radius 2 is 1.87 bits per heavy atom. The van der Waals surface area contributed by atoms with Crippen molar-refractivity contribution in [1.29, 1.82) is 0 Å². The molecule has 4 atom stereocenters. The van der Waals surface area contributed by atoms with Crippen molar-refractivity contribution in [2.24, 2.45) is 11.8 Å². The van der Waals surface area contributed by atoms with Crippen molar-refractivity contribution in [2.45, 2.75) is 50.7 Å². The number of nitrogens with one attached hydrogen (secondary N) is 3. The Morgan fingerprint density at radius 3 is 2.67 bits per heavy atom. The number of benzene rings is 1. The van der Waals surface area contributed by atoms with Gasteiger partial charge in [0.25, 0.3) is 11.8 Å². The highest BCUT2D eigenvalue weighted by Gasteiger charge is 2.45. The van der Waals surface area contributed by atoms with Crippen LogP contribution in [0.5, 0.6) is 0 Å². The number of hydrogen-bond acceptors (Lipinski definition) is 6. The number of piperidine rings is 2. The second-order valence-corrected chi connectivity index (χ2v) is 8.85. The summed E-state index contributed by atoms with van der Waals surface area (Å²) < 4.78 is 0. The van der Waals surface area contributed by atoms with Gasteiger partial charge in [-0.15, -0.1) is 0 Å². The summed E-state index contributed by atoms with van der Waals surface area (Å²) in [5.41, 5.74) is 1.51. The van der Waals surface area contributed by atoms with Gasteiger partial charge in [-0.1, -0.05) is 12.1 Å². The van der Waals surface area contributed by atoms with Crippen molar-refractivity contribution >= 4 is 23.6 Å². The molecule has 158 valence electrons. The Labute approximate surface area is 174 Å². The maximum atomic E-state index is 13.2. The summed E-state index contributed by atoms with van der Waals surface area (Å²) in [6.07, 6.45) is 3.79. The van der Waals surface area contributed by atoms with Crippen LogP contribution in [-0.4, -0.2) is 53.7 Å². The summed E-state index contributed by atoms with van der Waals surface area (Å²) in [5.74, 6) is -0.372. The second kappa shape index (κ2) is 7.59. The summed E-state index contributed by atoms with van der Waals surface area (Å²) in [7, 11) is 0. The number of amides is 4. The molecule has 1 aromatic rings. The van der Waals surface area contributed by atoms with Gasteiger partial charge >= 0.3 is 0 Å². The summed E-state index contributed by atoms with van der Waals surface area (Å²) in [4.78, 5) is 50.8. The fourth-order valence-corrected chi connectivity index (χ4v) is 5.54. The smallest absolute Gasteiger partial charge is 0.262 e. The molecule has 2 unspecified atom stereocenters. The van der Waals surface area contributed by atoms with Crippen LogP contribution in [0.2, 0.25) is 0 Å². The van der Waals surface area contributed by atoms with E-state index >= 15 is 0 Å². The van der Waals surface area contributed by atoms with Crippen LogP contribution >= 0.6 is 0 Å². The van der Waals surface area contributed by atoms with Crippen molar-refractivity contribution < 1.29 is 19.2 Å². The average Bonchev–Trinajstić information content (AvgIpc) is 3.26. The third-order valence-corrected chi connectivity index (χ3v) is 7.08. The zero-order valence-corrected chi connectivity index (χ0v) is 16.8. The Kier molecular flexibility index (Phi) is 4.91. The van der Waals surface area contributed by atoms with Gasteiger partial charge in [-0.25, -0.2) is 0 Å². The summed E-state index contributed by atoms with van der Waals surface area (Å²) in [6.45, 7) is 2.69. The lowest BCUT2D eigenvalue weighted by Gasteiger charge is -2.27. The van der Waals surface area contributed by atoms with E-state index in [1.807, 2.05) is 6.07 Å². The number of hydrogen-bond donors (Lipinski definition) is 3. The first-order chi connectivity index (χ1) is 14.5. The van der Waals surface area contributed by atoms with Gasteiger partial charge in [0.15, 0.2) is 0 Å². The number of imide groups is 2. The quantitative estimate of drug-likeness (QED) is 0.627. The van der Waals surface area contributed by atoms with Gasteiger partial charge in [-0.3, -0.25) is 29.4 Å². The van der Waals surface area contributed by atoms with Gasteiger partial charge in [0.2, 0.25) is 11.8 Å². The van der Waals surface area contributed by atoms with Crippen molar-refractivity contribution in [3.63, 3.8) is 0 Å². The SMILES string of the molecule is O=C1CCC(N2C(=O)c3cccc(CNC4C[C@H]5CNCC[C@H]5C4)c3C2=O)C(=O)N1. The molecule has 1 aromatic carbocycles. The Bertz CT molecular complexity index is 916. The van der Waals surface area contributed by atoms with E-state index in [0.29, 0.717) is 29.6 Å². The zero-order valence-electron chi connectivity index (χ0n) is 16.8. The van der Waals surface area contributed by atoms with E-state index in [1.54, 1.807) is 12.1 Å². The van der Waals surface area contributed by atoms with Crippen molar-refractivity contribution in [2.75, 3.05) is 13.1 Å². The van der Waals surface area contributed by atoms with Crippen LogP contribution in [0.3, 0.4) is 0 Å². The minimum atomic E-state index is -0.929. The molecule has 8 nitrogen and oxygen atoms in total. The highest BCUT2D eigenvalue weighted by Crippen LogP contribution is 2.36. The van der Waals surface area contributed by atoms with Crippen LogP contribution in [0.25, 0.3) is 0 Å². The highest BCUT2D eigenvalue weighted by atomic mass is 16.2. The molecule has 1 aliphatic carbocycles. The number of carbonyl (C=O) groups excluding carboxylic acids is 4. The summed E-state index contributed by atoms with van der Waals surface area (Å²) in [6, 6.07) is 4.78. The molecule has 4 amide bonds. The lowest BCUT2D eigenvalue weighted by Crippen LogP contribution is -2.54. The highest BCUT2D eigenvalue weighted by molar-refractivity contribution is 6.24. The molecule has 4 aliphatic rings. The van der Waals surface area contributed by atoms with Gasteiger partial charge in [0, 0.05) is 19.0 Å². The Hall–Kier alpha value is -2.58. The van der Waals surface area contributed by atoms with E-state index in [-0.39, 0.29) is 18.7 Å². The monoisotopic (exact) mass is 410 g/mol. The van der Waals surface area contributed by atoms with E-state index in [1.165, 1.54) is 6.42 Å². The minimum Gasteiger partial charge on any atom is -0.316 e. The van der Waals surface area contributed by atoms with Gasteiger partial charge in [0.05, 0.1) is 11.1 Å². The maximum Gasteiger partial charge on any atom is 0.262 e. The largest absolute Gasteiger partial charge is 0.316 e. The molecular formula is C22H26N4O4. The van der Waals surface area contributed by atoms with E-state index in [4.69, 9.17) is 0 Å². The molecule has 3 N–H and O–H groups in total. The molecule has 0 aromatic heterocycles. The number of carbonyl (C=O) groups is 4. The van der Waals surface area contributed by atoms with Crippen LogP contribution in [-0.2, 0) is 16.1 Å². The molecule has 3 heterocycles. The van der Waals surface area contributed by atoms with Gasteiger partial charge < -0.3 is 10.6 Å². The Balaban J connectivity index is 1.32. The van der Waals surface area contributed by atoms with Crippen molar-refractivity contribution in [3.05, 3.63) is 34.9 Å². The number of fused-ring (bicyclic) bond motifs is 2. The van der Waals surface area contributed by atoms with Crippen LogP contribution in [0, 0.1) is 11.8 Å². The van der Waals surface area contributed by atoms with Crippen LogP contribution in [0.1, 0.15) is 58.4 Å². The fourth-order valence-electron chi connectivity index (χ4n) is 5.54. The van der Waals surface area contributed by atoms with Crippen LogP contribution in [0.4, 0.5) is 0 Å². The predicted octanol–water partition coefficient (Wildman–Crippen LogP) is 0.566. The predicted molar refractivity (Wildman–Crippen MR) is 107 cm³/mol. The van der Waals surface area contributed by atoms with E-state index < -0.39 is 23.8 Å². The lowest BCUT2D eigenvalue weighted by molar-refractivity contribution is -0.136. The minimum absolute atomic E-state index is 0.122. The number of nitrogens with zero attached hydrogens (tertiary/aromatic N) is 1. The second-order valence-electron chi connectivity index (χ2n) is 8.85. The fraction of sp³-hybridized carbons (Fsp3) is 0.545. The summed E-state index contributed by atoms with van der Waals surface area (Å²) in [5, 5.41) is 9.30. The first-order valence-corrected chi connectivity index (χ1v) is 10.8. The summed E-state index contributed by atoms with van der Waals surface area (Å²) >= 11 is 0. The van der Waals surface area contributed by atoms with Crippen molar-refractivity contribution in [1.82, 2.24) is 20.9 Å². The van der Waals surface area contributed by atoms with Gasteiger partial charge in [-0.2, -0.15) is 0 Å². The van der Waals surface area contributed by atoms with E-state index in [2.05, 4.69) is 16.0 Å². The normalized spacial score (nSPS) is 31.0. The average molecular weight is 410 g/mol. The first-order valence-electron chi connectivity index (χ1n) is 10.8. The molecule has 3 fully saturated rings. The molecule has 30 heavy (non-hydrogen) atoms. The maximum absolute atomic E-state index is 13.2. The molecule has 0 bridgehead atoms. The van der Waals surface area contributed by atoms with Gasteiger partial charge in [0.1, 0.15) is 6.04 Å². The Morgan fingerprint density at radius 1 is 1.03 bits per heavy atom. The molecule has 5 rings (SSSR count). The molecule has 8 heteroatoms. The van der Waals surface area contributed by atoms with E-state index in [9.17, 15) is 19.2 Å². The first kappa shape index (κ1) is 19.4. The van der Waals surface area contributed by atoms with E-state index in [0.717, 1.165) is 42.3 Å². The third-order valence-electron chi connectivity index (χ3n) is 7.08. The molecule has 0 radical (unpaired) electrons. The molecular weight excluding hydrogens is 384 g/mol. The standard InChI is InChI=1S/C22H26N4O4/c27-18-5-4-17(20(28)25-18)26-21(29)16-3-1-2-13(19(16)22(26)30)11-24-15-8-12-6-7-23-10-14(12)9-15/h1-3,12,14-15,17,23-24H,4-11H2,(H,25,27,28)/t12-,14-,15?,17?/m0/s1. The molecule has 2 saturated heterocycles. The van der Waals surface area contributed by atoms with Gasteiger partial charge in [-0.05, 0) is 62.2 Å². The van der Waals surface area contributed by atoms with Crippen LogP contribution < -0.4 is 16.0 Å². The molecule has 3 aliphatic heterocycles. The van der Waals surface area contributed by atoms with Crippen LogP contribution in [0.15, 0.2) is 18.2 Å². The lowest BCUT2D eigenvalue weighted by atomic mass is 9.90. The van der Waals surface area contributed by atoms with Crippen molar-refractivity contribution in [3.8, 4) is 0 Å². The third kappa shape index (κ3) is 3.24. The zero-order chi connectivity index (χ0) is 20.8. The molecule has 0 spiro atoms. The number of rotatable bonds is 4. The topological polar surface area (TPSA) is 108 Å². The molecule has 1 saturated carbocycles.